The van der Waals surface area contributed by atoms with Gasteiger partial charge in [0.05, 0.1) is 6.04 Å². The Morgan fingerprint density at radius 1 is 1.00 bits per heavy atom. The Labute approximate surface area is 234 Å². The lowest BCUT2D eigenvalue weighted by molar-refractivity contribution is -0.129. The summed E-state index contributed by atoms with van der Waals surface area (Å²) in [5, 5.41) is 9.58. The highest BCUT2D eigenvalue weighted by Crippen LogP contribution is 2.33. The van der Waals surface area contributed by atoms with Crippen LogP contribution in [0.1, 0.15) is 68.2 Å². The van der Waals surface area contributed by atoms with E-state index in [1.807, 2.05) is 36.4 Å². The zero-order chi connectivity index (χ0) is 28.5. The maximum atomic E-state index is 13.0. The van der Waals surface area contributed by atoms with Gasteiger partial charge in [0.2, 0.25) is 5.91 Å². The Morgan fingerprint density at radius 3 is 2.61 bits per heavy atom. The van der Waals surface area contributed by atoms with Crippen LogP contribution in [0, 0.1) is 0 Å². The molecule has 1 aliphatic heterocycles. The van der Waals surface area contributed by atoms with E-state index in [2.05, 4.69) is 35.3 Å². The topological polar surface area (TPSA) is 163 Å². The number of hydrogen-bond donors (Lipinski definition) is 3. The molecular formula is C29H27N7O5. The fourth-order valence-electron chi connectivity index (χ4n) is 5.37. The molecule has 0 unspecified atom stereocenters. The zero-order valence-corrected chi connectivity index (χ0v) is 22.3. The molecule has 2 aromatic heterocycles. The van der Waals surface area contributed by atoms with Crippen LogP contribution in [-0.4, -0.2) is 49.3 Å². The van der Waals surface area contributed by atoms with Crippen molar-refractivity contribution in [2.75, 3.05) is 6.54 Å². The van der Waals surface area contributed by atoms with E-state index in [4.69, 9.17) is 0 Å². The van der Waals surface area contributed by atoms with Gasteiger partial charge in [0.15, 0.2) is 5.82 Å². The number of nitrogens with one attached hydrogen (secondary N) is 3. The van der Waals surface area contributed by atoms with Crippen molar-refractivity contribution in [3.63, 3.8) is 0 Å². The van der Waals surface area contributed by atoms with Gasteiger partial charge in [0, 0.05) is 38.2 Å². The first-order valence-corrected chi connectivity index (χ1v) is 13.3. The fraction of sp³-hybridized carbons (Fsp3) is 0.276. The second-order valence-electron chi connectivity index (χ2n) is 10.2. The van der Waals surface area contributed by atoms with Gasteiger partial charge in [-0.15, -0.1) is 0 Å². The summed E-state index contributed by atoms with van der Waals surface area (Å²) in [6.45, 7) is 3.12. The first kappa shape index (κ1) is 26.1. The molecule has 0 fully saturated rings. The van der Waals surface area contributed by atoms with E-state index >= 15 is 0 Å². The number of carbonyl (C=O) groups is 3. The van der Waals surface area contributed by atoms with Gasteiger partial charge in [-0.05, 0) is 53.1 Å². The second-order valence-corrected chi connectivity index (χ2v) is 10.2. The Kier molecular flexibility index (Phi) is 6.88. The molecule has 0 bridgehead atoms. The van der Waals surface area contributed by atoms with Crippen molar-refractivity contribution >= 4 is 17.7 Å². The van der Waals surface area contributed by atoms with Gasteiger partial charge in [-0.25, -0.2) is 14.8 Å². The predicted octanol–water partition coefficient (Wildman–Crippen LogP) is 2.07. The molecule has 2 aliphatic rings. The van der Waals surface area contributed by atoms with Gasteiger partial charge in [0.1, 0.15) is 17.7 Å². The first-order chi connectivity index (χ1) is 19.8. The molecule has 3 N–H and O–H groups in total. The summed E-state index contributed by atoms with van der Waals surface area (Å²) >= 11 is 0. The Morgan fingerprint density at radius 2 is 1.83 bits per heavy atom. The summed E-state index contributed by atoms with van der Waals surface area (Å²) in [6.07, 6.45) is 3.45. The van der Waals surface area contributed by atoms with Crippen molar-refractivity contribution in [2.45, 2.75) is 45.3 Å². The van der Waals surface area contributed by atoms with Crippen LogP contribution in [0.25, 0.3) is 11.4 Å². The molecule has 0 saturated heterocycles. The number of amides is 3. The van der Waals surface area contributed by atoms with E-state index in [1.54, 1.807) is 11.8 Å². The summed E-state index contributed by atoms with van der Waals surface area (Å²) in [5.74, 6) is -1.05. The molecule has 2 aromatic carbocycles. The van der Waals surface area contributed by atoms with Crippen molar-refractivity contribution in [1.82, 2.24) is 35.6 Å². The average Bonchev–Trinajstić information content (AvgIpc) is 3.61. The smallest absolute Gasteiger partial charge is 0.347 e. The molecular weight excluding hydrogens is 526 g/mol. The number of aryl methyl sites for hydroxylation is 1. The van der Waals surface area contributed by atoms with Gasteiger partial charge in [0.25, 0.3) is 11.8 Å². The number of carbonyl (C=O) groups excluding carboxylic acids is 3. The zero-order valence-electron chi connectivity index (χ0n) is 22.3. The summed E-state index contributed by atoms with van der Waals surface area (Å²) in [6, 6.07) is 12.8. The van der Waals surface area contributed by atoms with Gasteiger partial charge >= 0.3 is 5.76 Å². The third kappa shape index (κ3) is 5.49. The standard InChI is InChI=1S/C29H27N7O5/c1-16(37)36-9-8-18-3-2-17(10-21(18)14-36)13-30-27(38)24-12-25(32-15-31-24)28(39)33-23-7-5-19-11-20(4-6-22(19)23)26-34-29(40)41-35-26/h2-4,6,10-12,15,23H,5,7-9,13-14H2,1H3,(H,30,38)(H,33,39)(H,34,35,40)/t23-/m0/s1. The molecule has 12 heteroatoms. The summed E-state index contributed by atoms with van der Waals surface area (Å²) < 4.78 is 4.59. The molecule has 0 saturated carbocycles. The number of aromatic nitrogens is 4. The van der Waals surface area contributed by atoms with Crippen molar-refractivity contribution in [3.8, 4) is 11.4 Å². The van der Waals surface area contributed by atoms with Crippen LogP contribution in [0.4, 0.5) is 0 Å². The molecule has 4 aromatic rings. The van der Waals surface area contributed by atoms with Crippen LogP contribution < -0.4 is 16.4 Å². The molecule has 12 nitrogen and oxygen atoms in total. The predicted molar refractivity (Wildman–Crippen MR) is 146 cm³/mol. The lowest BCUT2D eigenvalue weighted by atomic mass is 9.97. The summed E-state index contributed by atoms with van der Waals surface area (Å²) in [7, 11) is 0. The number of aromatic amines is 1. The van der Waals surface area contributed by atoms with E-state index < -0.39 is 17.6 Å². The van der Waals surface area contributed by atoms with Crippen LogP contribution >= 0.6 is 0 Å². The highest BCUT2D eigenvalue weighted by atomic mass is 16.5. The summed E-state index contributed by atoms with van der Waals surface area (Å²) in [4.78, 5) is 61.4. The number of hydrogen-bond acceptors (Lipinski definition) is 8. The average molecular weight is 554 g/mol. The van der Waals surface area contributed by atoms with Gasteiger partial charge in [-0.2, -0.15) is 0 Å². The molecule has 3 heterocycles. The molecule has 6 rings (SSSR count). The van der Waals surface area contributed by atoms with Crippen molar-refractivity contribution < 1.29 is 18.9 Å². The number of nitrogens with zero attached hydrogens (tertiary/aromatic N) is 4. The molecule has 3 amide bonds. The lowest BCUT2D eigenvalue weighted by Crippen LogP contribution is -2.34. The molecule has 208 valence electrons. The maximum Gasteiger partial charge on any atom is 0.439 e. The van der Waals surface area contributed by atoms with E-state index in [9.17, 15) is 19.2 Å². The normalized spacial score (nSPS) is 15.6. The number of benzene rings is 2. The first-order valence-electron chi connectivity index (χ1n) is 13.3. The molecule has 1 aliphatic carbocycles. The Bertz CT molecular complexity index is 1730. The summed E-state index contributed by atoms with van der Waals surface area (Å²) in [5.41, 5.74) is 6.11. The second kappa shape index (κ2) is 10.8. The maximum absolute atomic E-state index is 13.0. The van der Waals surface area contributed by atoms with Crippen molar-refractivity contribution in [2.24, 2.45) is 0 Å². The lowest BCUT2D eigenvalue weighted by Gasteiger charge is -2.28. The number of rotatable bonds is 6. The van der Waals surface area contributed by atoms with E-state index in [0.717, 1.165) is 40.7 Å². The third-order valence-corrected chi connectivity index (χ3v) is 7.55. The van der Waals surface area contributed by atoms with E-state index in [-0.39, 0.29) is 29.9 Å². The van der Waals surface area contributed by atoms with Gasteiger partial charge < -0.3 is 15.5 Å². The minimum atomic E-state index is -0.621. The highest BCUT2D eigenvalue weighted by molar-refractivity contribution is 5.97. The Hall–Kier alpha value is -5.13. The van der Waals surface area contributed by atoms with Crippen LogP contribution in [0.2, 0.25) is 0 Å². The minimum absolute atomic E-state index is 0.0470. The number of H-pyrrole nitrogens is 1. The van der Waals surface area contributed by atoms with Crippen molar-refractivity contribution in [1.29, 1.82) is 0 Å². The van der Waals surface area contributed by atoms with Crippen LogP contribution in [-0.2, 0) is 30.7 Å². The van der Waals surface area contributed by atoms with Crippen molar-refractivity contribution in [3.05, 3.63) is 98.5 Å². The van der Waals surface area contributed by atoms with Crippen LogP contribution in [0.5, 0.6) is 0 Å². The fourth-order valence-corrected chi connectivity index (χ4v) is 5.37. The Balaban J connectivity index is 1.09. The largest absolute Gasteiger partial charge is 0.439 e. The molecule has 41 heavy (non-hydrogen) atoms. The number of fused-ring (bicyclic) bond motifs is 2. The van der Waals surface area contributed by atoms with Gasteiger partial charge in [-0.1, -0.05) is 35.5 Å². The SMILES string of the molecule is CC(=O)N1CCc2ccc(CNC(=O)c3cc(C(=O)N[C@H]4CCc5cc(-c6noc(=O)[nH]6)ccc54)ncn3)cc2C1. The van der Waals surface area contributed by atoms with Gasteiger partial charge in [-0.3, -0.25) is 23.9 Å². The quantitative estimate of drug-likeness (QED) is 0.327. The molecule has 1 atom stereocenters. The highest BCUT2D eigenvalue weighted by Gasteiger charge is 2.26. The van der Waals surface area contributed by atoms with E-state index in [1.165, 1.54) is 18.0 Å². The molecule has 0 spiro atoms. The minimum Gasteiger partial charge on any atom is -0.347 e. The van der Waals surface area contributed by atoms with Crippen LogP contribution in [0.15, 0.2) is 58.1 Å². The molecule has 0 radical (unpaired) electrons. The van der Waals surface area contributed by atoms with E-state index in [0.29, 0.717) is 25.3 Å². The van der Waals surface area contributed by atoms with Crippen LogP contribution in [0.3, 0.4) is 0 Å². The third-order valence-electron chi connectivity index (χ3n) is 7.55. The monoisotopic (exact) mass is 553 g/mol.